The van der Waals surface area contributed by atoms with Gasteiger partial charge in [0.25, 0.3) is 0 Å². The van der Waals surface area contributed by atoms with Crippen LogP contribution in [0.4, 0.5) is 0 Å². The van der Waals surface area contributed by atoms with Crippen LogP contribution in [-0.2, 0) is 17.7 Å². The van der Waals surface area contributed by atoms with Crippen LogP contribution in [0.2, 0.25) is 0 Å². The molecule has 1 heterocycles. The molecule has 0 spiro atoms. The molecule has 0 aliphatic rings. The summed E-state index contributed by atoms with van der Waals surface area (Å²) in [5.74, 6) is 0.547. The molecule has 15 heavy (non-hydrogen) atoms. The molecule has 0 aliphatic heterocycles. The molecule has 0 atom stereocenters. The molecule has 3 heteroatoms. The van der Waals surface area contributed by atoms with E-state index in [-0.39, 0.29) is 0 Å². The quantitative estimate of drug-likeness (QED) is 0.740. The Kier molecular flexibility index (Phi) is 4.38. The maximum absolute atomic E-state index is 8.97. The molecule has 0 unspecified atom stereocenters. The number of methoxy groups -OCH3 is 1. The van der Waals surface area contributed by atoms with Gasteiger partial charge in [0.15, 0.2) is 0 Å². The summed E-state index contributed by atoms with van der Waals surface area (Å²) in [5, 5.41) is 8.97. The van der Waals surface area contributed by atoms with Crippen molar-refractivity contribution >= 4 is 0 Å². The zero-order valence-electron chi connectivity index (χ0n) is 9.66. The zero-order chi connectivity index (χ0) is 11.3. The van der Waals surface area contributed by atoms with Gasteiger partial charge in [-0.2, -0.15) is 5.26 Å². The van der Waals surface area contributed by atoms with Crippen LogP contribution in [0.5, 0.6) is 0 Å². The smallest absolute Gasteiger partial charge is 0.120 e. The summed E-state index contributed by atoms with van der Waals surface area (Å²) in [4.78, 5) is 0. The number of nitrogens with zero attached hydrogens (tertiary/aromatic N) is 2. The van der Waals surface area contributed by atoms with Crippen LogP contribution < -0.4 is 0 Å². The molecule has 3 nitrogen and oxygen atoms in total. The van der Waals surface area contributed by atoms with E-state index in [2.05, 4.69) is 24.5 Å². The molecule has 0 fully saturated rings. The molecule has 0 bridgehead atoms. The predicted octanol–water partition coefficient (Wildman–Crippen LogP) is 2.20. The molecule has 1 aromatic rings. The van der Waals surface area contributed by atoms with Crippen molar-refractivity contribution in [3.8, 4) is 6.07 Å². The second kappa shape index (κ2) is 5.57. The monoisotopic (exact) mass is 206 g/mol. The third-order valence-electron chi connectivity index (χ3n) is 2.30. The molecule has 0 N–H and O–H groups in total. The van der Waals surface area contributed by atoms with Gasteiger partial charge in [-0.25, -0.2) is 0 Å². The highest BCUT2D eigenvalue weighted by Crippen LogP contribution is 2.12. The van der Waals surface area contributed by atoms with Gasteiger partial charge in [0.05, 0.1) is 6.61 Å². The SMILES string of the molecule is COCCc1ccc(C#N)n1CC(C)C. The van der Waals surface area contributed by atoms with Crippen LogP contribution in [0.15, 0.2) is 12.1 Å². The predicted molar refractivity (Wildman–Crippen MR) is 59.6 cm³/mol. The Morgan fingerprint density at radius 2 is 2.20 bits per heavy atom. The van der Waals surface area contributed by atoms with E-state index in [0.29, 0.717) is 12.5 Å². The lowest BCUT2D eigenvalue weighted by Gasteiger charge is -2.12. The fraction of sp³-hybridized carbons (Fsp3) is 0.583. The van der Waals surface area contributed by atoms with Crippen LogP contribution in [-0.4, -0.2) is 18.3 Å². The van der Waals surface area contributed by atoms with Crippen LogP contribution in [0.25, 0.3) is 0 Å². The molecule has 0 saturated carbocycles. The van der Waals surface area contributed by atoms with Gasteiger partial charge in [-0.15, -0.1) is 0 Å². The zero-order valence-corrected chi connectivity index (χ0v) is 9.66. The highest BCUT2D eigenvalue weighted by Gasteiger charge is 2.08. The molecular weight excluding hydrogens is 188 g/mol. The van der Waals surface area contributed by atoms with Crippen molar-refractivity contribution in [2.45, 2.75) is 26.8 Å². The Morgan fingerprint density at radius 3 is 2.73 bits per heavy atom. The number of aromatic nitrogens is 1. The lowest BCUT2D eigenvalue weighted by molar-refractivity contribution is 0.200. The molecule has 0 saturated heterocycles. The standard InChI is InChI=1S/C12H18N2O/c1-10(2)9-14-11(6-7-15-3)4-5-12(14)8-13/h4-5,10H,6-7,9H2,1-3H3. The molecular formula is C12H18N2O. The Hall–Kier alpha value is -1.27. The molecule has 82 valence electrons. The summed E-state index contributed by atoms with van der Waals surface area (Å²) in [6.45, 7) is 5.91. The van der Waals surface area contributed by atoms with E-state index in [1.54, 1.807) is 7.11 Å². The maximum atomic E-state index is 8.97. The number of rotatable bonds is 5. The molecule has 0 amide bonds. The normalized spacial score (nSPS) is 10.6. The molecule has 0 radical (unpaired) electrons. The summed E-state index contributed by atoms with van der Waals surface area (Å²) in [5.41, 5.74) is 1.93. The van der Waals surface area contributed by atoms with Crippen LogP contribution in [0.3, 0.4) is 0 Å². The number of hydrogen-bond acceptors (Lipinski definition) is 2. The van der Waals surface area contributed by atoms with Gasteiger partial charge in [0, 0.05) is 25.8 Å². The van der Waals surface area contributed by atoms with E-state index in [9.17, 15) is 0 Å². The van der Waals surface area contributed by atoms with E-state index in [1.807, 2.05) is 12.1 Å². The van der Waals surface area contributed by atoms with Gasteiger partial charge in [0.1, 0.15) is 11.8 Å². The van der Waals surface area contributed by atoms with Gasteiger partial charge < -0.3 is 9.30 Å². The van der Waals surface area contributed by atoms with Gasteiger partial charge >= 0.3 is 0 Å². The first-order valence-electron chi connectivity index (χ1n) is 5.26. The summed E-state index contributed by atoms with van der Waals surface area (Å²) >= 11 is 0. The van der Waals surface area contributed by atoms with Crippen molar-refractivity contribution in [1.29, 1.82) is 5.26 Å². The van der Waals surface area contributed by atoms with Crippen molar-refractivity contribution in [3.63, 3.8) is 0 Å². The van der Waals surface area contributed by atoms with E-state index < -0.39 is 0 Å². The van der Waals surface area contributed by atoms with Crippen molar-refractivity contribution < 1.29 is 4.74 Å². The first-order valence-corrected chi connectivity index (χ1v) is 5.26. The second-order valence-corrected chi connectivity index (χ2v) is 4.07. The largest absolute Gasteiger partial charge is 0.384 e. The number of hydrogen-bond donors (Lipinski definition) is 0. The summed E-state index contributed by atoms with van der Waals surface area (Å²) in [6, 6.07) is 6.12. The Bertz CT molecular complexity index is 347. The summed E-state index contributed by atoms with van der Waals surface area (Å²) in [6.07, 6.45) is 0.866. The molecule has 0 aromatic carbocycles. The second-order valence-electron chi connectivity index (χ2n) is 4.07. The lowest BCUT2D eigenvalue weighted by atomic mass is 10.2. The molecule has 1 rings (SSSR count). The van der Waals surface area contributed by atoms with Gasteiger partial charge in [0.2, 0.25) is 0 Å². The Balaban J connectivity index is 2.86. The first kappa shape index (κ1) is 11.8. The van der Waals surface area contributed by atoms with Gasteiger partial charge in [-0.05, 0) is 18.1 Å². The van der Waals surface area contributed by atoms with Crippen molar-refractivity contribution in [1.82, 2.24) is 4.57 Å². The maximum Gasteiger partial charge on any atom is 0.120 e. The van der Waals surface area contributed by atoms with E-state index in [0.717, 1.165) is 18.7 Å². The minimum Gasteiger partial charge on any atom is -0.384 e. The number of ether oxygens (including phenoxy) is 1. The lowest BCUT2D eigenvalue weighted by Crippen LogP contribution is -2.11. The first-order chi connectivity index (χ1) is 7.19. The summed E-state index contributed by atoms with van der Waals surface area (Å²) < 4.78 is 7.14. The van der Waals surface area contributed by atoms with Gasteiger partial charge in [-0.1, -0.05) is 13.8 Å². The van der Waals surface area contributed by atoms with Crippen LogP contribution in [0.1, 0.15) is 25.2 Å². The molecule has 0 aliphatic carbocycles. The van der Waals surface area contributed by atoms with E-state index in [4.69, 9.17) is 10.00 Å². The highest BCUT2D eigenvalue weighted by molar-refractivity contribution is 5.27. The highest BCUT2D eigenvalue weighted by atomic mass is 16.5. The van der Waals surface area contributed by atoms with Crippen molar-refractivity contribution in [2.75, 3.05) is 13.7 Å². The van der Waals surface area contributed by atoms with Crippen LogP contribution >= 0.6 is 0 Å². The number of nitriles is 1. The third kappa shape index (κ3) is 3.10. The average Bonchev–Trinajstić information content (AvgIpc) is 2.57. The summed E-state index contributed by atoms with van der Waals surface area (Å²) in [7, 11) is 1.70. The third-order valence-corrected chi connectivity index (χ3v) is 2.30. The van der Waals surface area contributed by atoms with Crippen molar-refractivity contribution in [3.05, 3.63) is 23.5 Å². The minimum atomic E-state index is 0.547. The van der Waals surface area contributed by atoms with Crippen LogP contribution in [0, 0.1) is 17.2 Å². The average molecular weight is 206 g/mol. The van der Waals surface area contributed by atoms with Gasteiger partial charge in [-0.3, -0.25) is 0 Å². The topological polar surface area (TPSA) is 37.9 Å². The van der Waals surface area contributed by atoms with Crippen molar-refractivity contribution in [2.24, 2.45) is 5.92 Å². The fourth-order valence-electron chi connectivity index (χ4n) is 1.61. The van der Waals surface area contributed by atoms with E-state index >= 15 is 0 Å². The Morgan fingerprint density at radius 1 is 1.47 bits per heavy atom. The fourth-order valence-corrected chi connectivity index (χ4v) is 1.61. The van der Waals surface area contributed by atoms with E-state index in [1.165, 1.54) is 5.69 Å². The Labute approximate surface area is 91.3 Å². The molecule has 1 aromatic heterocycles. The minimum absolute atomic E-state index is 0.547.